The number of carbonyl (C=O) groups excluding carboxylic acids is 3. The maximum absolute atomic E-state index is 14.3. The highest BCUT2D eigenvalue weighted by Gasteiger charge is 2.75. The number of nitrogens with one attached hydrogen (secondary N) is 2. The minimum absolute atomic E-state index is 0.277. The van der Waals surface area contributed by atoms with Crippen molar-refractivity contribution in [2.24, 2.45) is 11.8 Å². The summed E-state index contributed by atoms with van der Waals surface area (Å²) in [6.45, 7) is -0.0804. The quantitative estimate of drug-likeness (QED) is 0.390. The lowest BCUT2D eigenvalue weighted by atomic mass is 9.70. The first-order valence-electron chi connectivity index (χ1n) is 13.5. The Kier molecular flexibility index (Phi) is 7.08. The molecule has 3 N–H and O–H groups in total. The smallest absolute Gasteiger partial charge is 0.250 e. The van der Waals surface area contributed by atoms with Gasteiger partial charge in [0.25, 0.3) is 0 Å². The molecule has 3 aliphatic rings. The van der Waals surface area contributed by atoms with E-state index in [-0.39, 0.29) is 11.8 Å². The van der Waals surface area contributed by atoms with E-state index in [4.69, 9.17) is 16.3 Å². The van der Waals surface area contributed by atoms with E-state index in [1.54, 1.807) is 24.3 Å². The number of rotatable bonds is 8. The van der Waals surface area contributed by atoms with E-state index >= 15 is 0 Å². The molecule has 9 heteroatoms. The van der Waals surface area contributed by atoms with Crippen molar-refractivity contribution in [3.8, 4) is 0 Å². The van der Waals surface area contributed by atoms with Gasteiger partial charge in [0.1, 0.15) is 11.6 Å². The molecular weight excluding hydrogens is 530 g/mol. The molecule has 0 saturated carbocycles. The maximum Gasteiger partial charge on any atom is 0.250 e. The number of halogens is 1. The normalized spacial score (nSPS) is 27.4. The molecular formula is C31H30ClN3O5. The van der Waals surface area contributed by atoms with E-state index in [2.05, 4.69) is 10.6 Å². The highest BCUT2D eigenvalue weighted by Crippen LogP contribution is 2.59. The van der Waals surface area contributed by atoms with E-state index in [0.29, 0.717) is 35.7 Å². The van der Waals surface area contributed by atoms with Gasteiger partial charge in [0.15, 0.2) is 0 Å². The van der Waals surface area contributed by atoms with Gasteiger partial charge in [0.2, 0.25) is 17.7 Å². The van der Waals surface area contributed by atoms with Gasteiger partial charge in [0, 0.05) is 6.54 Å². The van der Waals surface area contributed by atoms with Crippen LogP contribution in [0.4, 0.5) is 5.69 Å². The van der Waals surface area contributed by atoms with Gasteiger partial charge in [0.05, 0.1) is 41.3 Å². The van der Waals surface area contributed by atoms with Crippen LogP contribution in [0.3, 0.4) is 0 Å². The number of hydrogen-bond donors (Lipinski definition) is 3. The first-order chi connectivity index (χ1) is 19.4. The van der Waals surface area contributed by atoms with Crippen LogP contribution in [-0.2, 0) is 25.7 Å². The fourth-order valence-electron chi connectivity index (χ4n) is 6.72. The summed E-state index contributed by atoms with van der Waals surface area (Å²) in [6, 6.07) is 23.6. The number of nitrogens with zero attached hydrogens (tertiary/aromatic N) is 1. The van der Waals surface area contributed by atoms with Gasteiger partial charge in [-0.25, -0.2) is 0 Å². The second-order valence-electron chi connectivity index (χ2n) is 10.6. The lowest BCUT2D eigenvalue weighted by molar-refractivity contribution is -0.144. The van der Waals surface area contributed by atoms with E-state index in [1.807, 2.05) is 60.7 Å². The Balaban J connectivity index is 1.37. The van der Waals surface area contributed by atoms with E-state index < -0.39 is 48.1 Å². The van der Waals surface area contributed by atoms with Crippen molar-refractivity contribution in [3.05, 3.63) is 101 Å². The van der Waals surface area contributed by atoms with Crippen molar-refractivity contribution in [2.75, 3.05) is 11.9 Å². The van der Waals surface area contributed by atoms with Crippen molar-refractivity contribution >= 4 is 35.0 Å². The summed E-state index contributed by atoms with van der Waals surface area (Å²) >= 11 is 6.34. The second kappa shape index (κ2) is 10.7. The standard InChI is InChI=1S/C31H30ClN3O5/c32-21-13-7-8-14-22(21)34-29(38)27-31-16-15-24(40-31)25(28(37)33-17-19-9-3-1-4-10-19)26(31)30(39)35(27)23(18-36)20-11-5-2-6-12-20/h1-14,23-27,36H,15-18H2,(H,33,37)(H,34,38)/t23-,24+,25-,26+,27?,31?/m1/s1. The Morgan fingerprint density at radius 2 is 1.68 bits per heavy atom. The summed E-state index contributed by atoms with van der Waals surface area (Å²) in [7, 11) is 0. The minimum Gasteiger partial charge on any atom is -0.394 e. The summed E-state index contributed by atoms with van der Waals surface area (Å²) in [4.78, 5) is 43.4. The molecule has 3 saturated heterocycles. The monoisotopic (exact) mass is 559 g/mol. The van der Waals surface area contributed by atoms with Crippen LogP contribution in [0.1, 0.15) is 30.0 Å². The molecule has 6 atom stereocenters. The Hall–Kier alpha value is -3.72. The Bertz CT molecular complexity index is 1420. The van der Waals surface area contributed by atoms with Crippen LogP contribution < -0.4 is 10.6 Å². The molecule has 8 nitrogen and oxygen atoms in total. The number of para-hydroxylation sites is 1. The van der Waals surface area contributed by atoms with E-state index in [0.717, 1.165) is 5.56 Å². The number of amides is 3. The molecule has 2 bridgehead atoms. The molecule has 0 aromatic heterocycles. The van der Waals surface area contributed by atoms with Gasteiger partial charge in [-0.3, -0.25) is 14.4 Å². The Labute approximate surface area is 237 Å². The zero-order valence-corrected chi connectivity index (χ0v) is 22.5. The average Bonchev–Trinajstić information content (AvgIpc) is 3.62. The third kappa shape index (κ3) is 4.36. The molecule has 40 heavy (non-hydrogen) atoms. The number of aliphatic hydroxyl groups excluding tert-OH is 1. The molecule has 3 fully saturated rings. The molecule has 3 aromatic rings. The summed E-state index contributed by atoms with van der Waals surface area (Å²) in [5.41, 5.74) is 0.830. The van der Waals surface area contributed by atoms with Gasteiger partial charge < -0.3 is 25.4 Å². The van der Waals surface area contributed by atoms with Crippen LogP contribution in [0.15, 0.2) is 84.9 Å². The number of anilines is 1. The Morgan fingerprint density at radius 3 is 2.38 bits per heavy atom. The molecule has 206 valence electrons. The minimum atomic E-state index is -1.20. The number of aliphatic hydroxyl groups is 1. The van der Waals surface area contributed by atoms with Crippen molar-refractivity contribution in [3.63, 3.8) is 0 Å². The zero-order valence-electron chi connectivity index (χ0n) is 21.7. The van der Waals surface area contributed by atoms with E-state index in [9.17, 15) is 19.5 Å². The second-order valence-corrected chi connectivity index (χ2v) is 11.0. The van der Waals surface area contributed by atoms with Gasteiger partial charge in [-0.2, -0.15) is 0 Å². The lowest BCUT2D eigenvalue weighted by Crippen LogP contribution is -2.54. The van der Waals surface area contributed by atoms with Gasteiger partial charge in [-0.15, -0.1) is 0 Å². The van der Waals surface area contributed by atoms with Crippen LogP contribution in [0.25, 0.3) is 0 Å². The predicted octanol–water partition coefficient (Wildman–Crippen LogP) is 3.70. The highest BCUT2D eigenvalue weighted by atomic mass is 35.5. The number of ether oxygens (including phenoxy) is 1. The number of fused-ring (bicyclic) bond motifs is 1. The van der Waals surface area contributed by atoms with Gasteiger partial charge >= 0.3 is 0 Å². The summed E-state index contributed by atoms with van der Waals surface area (Å²) in [5, 5.41) is 16.8. The highest BCUT2D eigenvalue weighted by molar-refractivity contribution is 6.33. The fraction of sp³-hybridized carbons (Fsp3) is 0.323. The molecule has 3 heterocycles. The predicted molar refractivity (Wildman–Crippen MR) is 149 cm³/mol. The van der Waals surface area contributed by atoms with Crippen molar-refractivity contribution in [1.29, 1.82) is 0 Å². The number of carbonyl (C=O) groups is 3. The molecule has 0 aliphatic carbocycles. The molecule has 2 unspecified atom stereocenters. The molecule has 6 rings (SSSR count). The van der Waals surface area contributed by atoms with Crippen molar-refractivity contribution < 1.29 is 24.2 Å². The first-order valence-corrected chi connectivity index (χ1v) is 13.8. The number of likely N-dealkylation sites (tertiary alicyclic amines) is 1. The summed E-state index contributed by atoms with van der Waals surface area (Å²) < 4.78 is 6.50. The van der Waals surface area contributed by atoms with Crippen molar-refractivity contribution in [2.45, 2.75) is 43.2 Å². The third-order valence-electron chi connectivity index (χ3n) is 8.42. The lowest BCUT2D eigenvalue weighted by Gasteiger charge is -2.36. The van der Waals surface area contributed by atoms with Crippen molar-refractivity contribution in [1.82, 2.24) is 10.2 Å². The molecule has 3 aromatic carbocycles. The maximum atomic E-state index is 14.3. The molecule has 0 radical (unpaired) electrons. The van der Waals surface area contributed by atoms with Crippen LogP contribution in [0, 0.1) is 11.8 Å². The molecule has 1 spiro atoms. The largest absolute Gasteiger partial charge is 0.394 e. The number of benzene rings is 3. The molecule has 3 aliphatic heterocycles. The average molecular weight is 560 g/mol. The van der Waals surface area contributed by atoms with E-state index in [1.165, 1.54) is 4.90 Å². The van der Waals surface area contributed by atoms with Crippen LogP contribution in [-0.4, -0.2) is 52.1 Å². The van der Waals surface area contributed by atoms with Crippen LogP contribution >= 0.6 is 11.6 Å². The third-order valence-corrected chi connectivity index (χ3v) is 8.75. The van der Waals surface area contributed by atoms with Gasteiger partial charge in [-0.05, 0) is 36.1 Å². The molecule has 3 amide bonds. The zero-order chi connectivity index (χ0) is 27.9. The number of hydrogen-bond acceptors (Lipinski definition) is 5. The fourth-order valence-corrected chi connectivity index (χ4v) is 6.91. The topological polar surface area (TPSA) is 108 Å². The summed E-state index contributed by atoms with van der Waals surface area (Å²) in [5.74, 6) is -2.72. The van der Waals surface area contributed by atoms with Crippen LogP contribution in [0.5, 0.6) is 0 Å². The SMILES string of the molecule is O=C(Nc1ccccc1Cl)C1N([C@H](CO)c2ccccc2)C(=O)[C@@H]2[C@H](C(=O)NCc3ccccc3)[C@@H]3CCC12O3. The van der Waals surface area contributed by atoms with Gasteiger partial charge in [-0.1, -0.05) is 84.4 Å². The van der Waals surface area contributed by atoms with Crippen LogP contribution in [0.2, 0.25) is 5.02 Å². The summed E-state index contributed by atoms with van der Waals surface area (Å²) in [6.07, 6.45) is 0.513. The first kappa shape index (κ1) is 26.5. The Morgan fingerprint density at radius 1 is 1.00 bits per heavy atom.